The van der Waals surface area contributed by atoms with Crippen molar-refractivity contribution in [2.45, 2.75) is 52.5 Å². The summed E-state index contributed by atoms with van der Waals surface area (Å²) in [6.45, 7) is 4.96. The van der Waals surface area contributed by atoms with Gasteiger partial charge in [0.25, 0.3) is 5.56 Å². The normalized spacial score (nSPS) is 23.5. The van der Waals surface area contributed by atoms with Crippen LogP contribution in [0.3, 0.4) is 0 Å². The molecule has 1 aliphatic heterocycles. The van der Waals surface area contributed by atoms with Gasteiger partial charge in [0.05, 0.1) is 5.69 Å². The third-order valence-corrected chi connectivity index (χ3v) is 5.68. The molecule has 0 aromatic carbocycles. The molecule has 128 valence electrons. The van der Waals surface area contributed by atoms with Crippen LogP contribution in [0.2, 0.25) is 0 Å². The Bertz CT molecular complexity index is 747. The second-order valence-corrected chi connectivity index (χ2v) is 7.09. The standard InChI is InChI=1S/C18H24N4O2/c1-12-13(2)20-22(18(24)16(12)9-19)11-17(23)21-8-7-14-5-3-4-6-15(14)10-21/h14-15H,3-8,10-11H2,1-2H3/t14-,15-/m1/s1. The molecule has 1 saturated carbocycles. The fraction of sp³-hybridized carbons (Fsp3) is 0.667. The van der Waals surface area contributed by atoms with Gasteiger partial charge in [0.15, 0.2) is 0 Å². The number of carbonyl (C=O) groups excluding carboxylic acids is 1. The van der Waals surface area contributed by atoms with E-state index in [1.165, 1.54) is 25.7 Å². The summed E-state index contributed by atoms with van der Waals surface area (Å²) in [5.74, 6) is 1.30. The maximum absolute atomic E-state index is 12.6. The Morgan fingerprint density at radius 2 is 1.96 bits per heavy atom. The lowest BCUT2D eigenvalue weighted by Gasteiger charge is -2.41. The Morgan fingerprint density at radius 3 is 2.67 bits per heavy atom. The first-order valence-electron chi connectivity index (χ1n) is 8.77. The highest BCUT2D eigenvalue weighted by Gasteiger charge is 2.33. The lowest BCUT2D eigenvalue weighted by atomic mass is 9.75. The second-order valence-electron chi connectivity index (χ2n) is 7.09. The third kappa shape index (κ3) is 3.08. The van der Waals surface area contributed by atoms with Gasteiger partial charge in [-0.25, -0.2) is 4.68 Å². The summed E-state index contributed by atoms with van der Waals surface area (Å²) in [6, 6.07) is 1.94. The number of carbonyl (C=O) groups is 1. The van der Waals surface area contributed by atoms with Crippen LogP contribution < -0.4 is 5.56 Å². The zero-order chi connectivity index (χ0) is 17.3. The molecule has 24 heavy (non-hydrogen) atoms. The number of rotatable bonds is 2. The van der Waals surface area contributed by atoms with Crippen molar-refractivity contribution in [3.05, 3.63) is 27.2 Å². The van der Waals surface area contributed by atoms with E-state index < -0.39 is 5.56 Å². The van der Waals surface area contributed by atoms with Crippen LogP contribution in [0.4, 0.5) is 0 Å². The number of likely N-dealkylation sites (tertiary alicyclic amines) is 1. The van der Waals surface area contributed by atoms with Gasteiger partial charge < -0.3 is 4.90 Å². The minimum atomic E-state index is -0.471. The summed E-state index contributed by atoms with van der Waals surface area (Å²) >= 11 is 0. The highest BCUT2D eigenvalue weighted by atomic mass is 16.2. The molecule has 1 aromatic heterocycles. The Kier molecular flexibility index (Phi) is 4.70. The van der Waals surface area contributed by atoms with Crippen molar-refractivity contribution in [2.24, 2.45) is 11.8 Å². The molecule has 6 heteroatoms. The first kappa shape index (κ1) is 16.7. The molecule has 0 spiro atoms. The average molecular weight is 328 g/mol. The first-order chi connectivity index (χ1) is 11.5. The number of amides is 1. The predicted molar refractivity (Wildman–Crippen MR) is 89.3 cm³/mol. The van der Waals surface area contributed by atoms with Crippen LogP contribution >= 0.6 is 0 Å². The topological polar surface area (TPSA) is 79.0 Å². The zero-order valence-electron chi connectivity index (χ0n) is 14.4. The Labute approximate surface area is 142 Å². The van der Waals surface area contributed by atoms with E-state index in [0.29, 0.717) is 17.2 Å². The quantitative estimate of drug-likeness (QED) is 0.829. The highest BCUT2D eigenvalue weighted by Crippen LogP contribution is 2.36. The largest absolute Gasteiger partial charge is 0.341 e. The van der Waals surface area contributed by atoms with Crippen LogP contribution in [0.25, 0.3) is 0 Å². The molecule has 2 aliphatic rings. The zero-order valence-corrected chi connectivity index (χ0v) is 14.4. The maximum Gasteiger partial charge on any atom is 0.285 e. The number of nitriles is 1. The van der Waals surface area contributed by atoms with Crippen molar-refractivity contribution >= 4 is 5.91 Å². The number of hydrogen-bond donors (Lipinski definition) is 0. The van der Waals surface area contributed by atoms with Crippen LogP contribution in [0.1, 0.15) is 48.9 Å². The second kappa shape index (κ2) is 6.76. The molecule has 0 unspecified atom stereocenters. The lowest BCUT2D eigenvalue weighted by Crippen LogP contribution is -2.47. The molecule has 2 heterocycles. The average Bonchev–Trinajstić information content (AvgIpc) is 2.59. The smallest absolute Gasteiger partial charge is 0.285 e. The van der Waals surface area contributed by atoms with E-state index >= 15 is 0 Å². The van der Waals surface area contributed by atoms with Crippen molar-refractivity contribution in [1.82, 2.24) is 14.7 Å². The molecule has 2 atom stereocenters. The molecule has 1 amide bonds. The number of aromatic nitrogens is 2. The van der Waals surface area contributed by atoms with Crippen LogP contribution in [0.5, 0.6) is 0 Å². The van der Waals surface area contributed by atoms with Crippen molar-refractivity contribution in [2.75, 3.05) is 13.1 Å². The monoisotopic (exact) mass is 328 g/mol. The fourth-order valence-corrected chi connectivity index (χ4v) is 4.07. The molecule has 0 N–H and O–H groups in total. The van der Waals surface area contributed by atoms with E-state index in [4.69, 9.17) is 0 Å². The minimum absolute atomic E-state index is 0.0687. The van der Waals surface area contributed by atoms with Gasteiger partial charge in [-0.3, -0.25) is 9.59 Å². The molecule has 1 saturated heterocycles. The predicted octanol–water partition coefficient (Wildman–Crippen LogP) is 1.77. The Morgan fingerprint density at radius 1 is 1.25 bits per heavy atom. The molecule has 2 fully saturated rings. The summed E-state index contributed by atoms with van der Waals surface area (Å²) in [5.41, 5.74) is 0.821. The molecular weight excluding hydrogens is 304 g/mol. The van der Waals surface area contributed by atoms with E-state index in [1.54, 1.807) is 13.8 Å². The maximum atomic E-state index is 12.6. The van der Waals surface area contributed by atoms with Crippen molar-refractivity contribution < 1.29 is 4.79 Å². The number of nitrogens with zero attached hydrogens (tertiary/aromatic N) is 4. The van der Waals surface area contributed by atoms with Gasteiger partial charge in [-0.15, -0.1) is 0 Å². The molecule has 1 aromatic rings. The van der Waals surface area contributed by atoms with Gasteiger partial charge in [-0.05, 0) is 44.1 Å². The molecule has 3 rings (SSSR count). The van der Waals surface area contributed by atoms with Crippen LogP contribution in [0, 0.1) is 37.0 Å². The highest BCUT2D eigenvalue weighted by molar-refractivity contribution is 5.76. The summed E-state index contributed by atoms with van der Waals surface area (Å²) in [7, 11) is 0. The van der Waals surface area contributed by atoms with Gasteiger partial charge in [-0.2, -0.15) is 10.4 Å². The fourth-order valence-electron chi connectivity index (χ4n) is 4.07. The summed E-state index contributed by atoms with van der Waals surface area (Å²) in [6.07, 6.45) is 6.13. The number of fused-ring (bicyclic) bond motifs is 1. The molecule has 0 radical (unpaired) electrons. The lowest BCUT2D eigenvalue weighted by molar-refractivity contribution is -0.135. The first-order valence-corrected chi connectivity index (χ1v) is 8.77. The van der Waals surface area contributed by atoms with E-state index in [9.17, 15) is 14.9 Å². The Balaban J connectivity index is 1.75. The number of aryl methyl sites for hydroxylation is 1. The molecule has 6 nitrogen and oxygen atoms in total. The van der Waals surface area contributed by atoms with Crippen LogP contribution in [-0.4, -0.2) is 33.7 Å². The Hall–Kier alpha value is -2.16. The van der Waals surface area contributed by atoms with Gasteiger partial charge >= 0.3 is 0 Å². The van der Waals surface area contributed by atoms with E-state index in [1.807, 2.05) is 11.0 Å². The number of hydrogen-bond acceptors (Lipinski definition) is 4. The van der Waals surface area contributed by atoms with Crippen molar-refractivity contribution in [3.8, 4) is 6.07 Å². The minimum Gasteiger partial charge on any atom is -0.341 e. The van der Waals surface area contributed by atoms with Gasteiger partial charge in [0.1, 0.15) is 18.2 Å². The van der Waals surface area contributed by atoms with E-state index in [2.05, 4.69) is 5.10 Å². The van der Waals surface area contributed by atoms with Crippen LogP contribution in [0.15, 0.2) is 4.79 Å². The van der Waals surface area contributed by atoms with E-state index in [-0.39, 0.29) is 18.0 Å². The molecule has 1 aliphatic carbocycles. The van der Waals surface area contributed by atoms with Crippen LogP contribution in [-0.2, 0) is 11.3 Å². The third-order valence-electron chi connectivity index (χ3n) is 5.68. The SMILES string of the molecule is Cc1nn(CC(=O)N2CC[C@H]3CCCC[C@@H]3C2)c(=O)c(C#N)c1C. The van der Waals surface area contributed by atoms with Gasteiger partial charge in [0, 0.05) is 13.1 Å². The van der Waals surface area contributed by atoms with Crippen molar-refractivity contribution in [3.63, 3.8) is 0 Å². The number of piperidine rings is 1. The summed E-state index contributed by atoms with van der Waals surface area (Å²) in [5, 5.41) is 13.4. The van der Waals surface area contributed by atoms with E-state index in [0.717, 1.165) is 30.1 Å². The van der Waals surface area contributed by atoms with Gasteiger partial charge in [0.2, 0.25) is 5.91 Å². The van der Waals surface area contributed by atoms with Gasteiger partial charge in [-0.1, -0.05) is 19.3 Å². The summed E-state index contributed by atoms with van der Waals surface area (Å²) < 4.78 is 1.15. The van der Waals surface area contributed by atoms with Crippen molar-refractivity contribution in [1.29, 1.82) is 5.26 Å². The molecular formula is C18H24N4O2. The summed E-state index contributed by atoms with van der Waals surface area (Å²) in [4.78, 5) is 26.8. The molecule has 0 bridgehead atoms.